The van der Waals surface area contributed by atoms with Gasteiger partial charge < -0.3 is 14.0 Å². The number of aromatic nitrogens is 5. The number of nitrogens with one attached hydrogen (secondary N) is 1. The number of ether oxygens (including phenoxy) is 2. The van der Waals surface area contributed by atoms with Gasteiger partial charge in [-0.3, -0.25) is 10.1 Å². The van der Waals surface area contributed by atoms with Crippen LogP contribution in [0.3, 0.4) is 0 Å². The van der Waals surface area contributed by atoms with Crippen LogP contribution < -0.4 is 4.74 Å². The van der Waals surface area contributed by atoms with Crippen LogP contribution in [0.25, 0.3) is 33.1 Å². The van der Waals surface area contributed by atoms with Crippen LogP contribution in [-0.2, 0) is 11.3 Å². The summed E-state index contributed by atoms with van der Waals surface area (Å²) in [6.45, 7) is 6.35. The number of rotatable bonds is 5. The molecule has 0 unspecified atom stereocenters. The summed E-state index contributed by atoms with van der Waals surface area (Å²) in [5.41, 5.74) is 8.19. The van der Waals surface area contributed by atoms with Crippen LogP contribution in [-0.4, -0.2) is 45.1 Å². The molecule has 7 nitrogen and oxygen atoms in total. The van der Waals surface area contributed by atoms with Crippen molar-refractivity contribution in [2.24, 2.45) is 0 Å². The maximum Gasteiger partial charge on any atom is 0.127 e. The first-order chi connectivity index (χ1) is 17.1. The van der Waals surface area contributed by atoms with E-state index in [0.29, 0.717) is 5.92 Å². The van der Waals surface area contributed by atoms with E-state index < -0.39 is 0 Å². The van der Waals surface area contributed by atoms with Crippen LogP contribution in [0.4, 0.5) is 0 Å². The van der Waals surface area contributed by atoms with E-state index in [0.717, 1.165) is 88.6 Å². The first kappa shape index (κ1) is 21.8. The lowest BCUT2D eigenvalue weighted by Crippen LogP contribution is -2.18. The van der Waals surface area contributed by atoms with Gasteiger partial charge in [-0.25, -0.2) is 4.98 Å². The third-order valence-corrected chi connectivity index (χ3v) is 7.09. The lowest BCUT2D eigenvalue weighted by atomic mass is 9.99. The normalized spacial score (nSPS) is 14.7. The van der Waals surface area contributed by atoms with Gasteiger partial charge in [0.15, 0.2) is 0 Å². The van der Waals surface area contributed by atoms with Crippen molar-refractivity contribution in [3.05, 3.63) is 71.4 Å². The Morgan fingerprint density at radius 1 is 1.09 bits per heavy atom. The predicted octanol–water partition coefficient (Wildman–Crippen LogP) is 5.54. The van der Waals surface area contributed by atoms with Crippen molar-refractivity contribution < 1.29 is 9.47 Å². The standard InChI is InChI=1S/C28H29N5O2/c1-17-26(18(2)32-31-17)22-13-23-21(14-25(22)34-3)27-24(15-29-23)30-28(20-9-11-35-12-10-20)33(27)16-19-7-5-4-6-8-19/h4-8,13-15,20H,9-12,16H2,1-3H3,(H,31,32). The van der Waals surface area contributed by atoms with Crippen molar-refractivity contribution in [1.29, 1.82) is 0 Å². The van der Waals surface area contributed by atoms with Gasteiger partial charge in [-0.05, 0) is 44.4 Å². The van der Waals surface area contributed by atoms with Crippen molar-refractivity contribution in [3.63, 3.8) is 0 Å². The Hall–Kier alpha value is -3.71. The first-order valence-corrected chi connectivity index (χ1v) is 12.1. The van der Waals surface area contributed by atoms with E-state index in [9.17, 15) is 0 Å². The average molecular weight is 468 g/mol. The number of pyridine rings is 1. The zero-order chi connectivity index (χ0) is 23.9. The van der Waals surface area contributed by atoms with E-state index >= 15 is 0 Å². The highest BCUT2D eigenvalue weighted by atomic mass is 16.5. The molecule has 2 aromatic carbocycles. The number of fused-ring (bicyclic) bond motifs is 3. The number of nitrogens with zero attached hydrogens (tertiary/aromatic N) is 4. The molecule has 0 bridgehead atoms. The molecule has 1 aliphatic rings. The Bertz CT molecular complexity index is 1490. The molecule has 6 rings (SSSR count). The minimum Gasteiger partial charge on any atom is -0.496 e. The zero-order valence-corrected chi connectivity index (χ0v) is 20.3. The maximum absolute atomic E-state index is 5.90. The summed E-state index contributed by atoms with van der Waals surface area (Å²) in [6.07, 6.45) is 3.87. The number of aryl methyl sites for hydroxylation is 2. The number of H-pyrrole nitrogens is 1. The molecule has 7 heteroatoms. The summed E-state index contributed by atoms with van der Waals surface area (Å²) >= 11 is 0. The van der Waals surface area contributed by atoms with Crippen LogP contribution in [0.2, 0.25) is 0 Å². The molecule has 0 saturated carbocycles. The van der Waals surface area contributed by atoms with Gasteiger partial charge in [0.1, 0.15) is 17.1 Å². The van der Waals surface area contributed by atoms with E-state index in [1.807, 2.05) is 20.0 Å². The first-order valence-electron chi connectivity index (χ1n) is 12.1. The molecule has 178 valence electrons. The second-order valence-electron chi connectivity index (χ2n) is 9.30. The average Bonchev–Trinajstić information content (AvgIpc) is 3.43. The van der Waals surface area contributed by atoms with E-state index in [-0.39, 0.29) is 0 Å². The number of benzene rings is 2. The summed E-state index contributed by atoms with van der Waals surface area (Å²) < 4.78 is 13.9. The van der Waals surface area contributed by atoms with Crippen LogP contribution in [0.1, 0.15) is 41.5 Å². The smallest absolute Gasteiger partial charge is 0.127 e. The molecule has 1 N–H and O–H groups in total. The molecule has 1 saturated heterocycles. The second-order valence-corrected chi connectivity index (χ2v) is 9.30. The largest absolute Gasteiger partial charge is 0.496 e. The van der Waals surface area contributed by atoms with Crippen molar-refractivity contribution in [2.45, 2.75) is 39.2 Å². The Labute approximate surface area is 204 Å². The third-order valence-electron chi connectivity index (χ3n) is 7.09. The second kappa shape index (κ2) is 8.82. The Morgan fingerprint density at radius 2 is 1.89 bits per heavy atom. The molecule has 0 spiro atoms. The lowest BCUT2D eigenvalue weighted by Gasteiger charge is -2.23. The zero-order valence-electron chi connectivity index (χ0n) is 20.3. The molecule has 3 aromatic heterocycles. The third kappa shape index (κ3) is 3.76. The van der Waals surface area contributed by atoms with Gasteiger partial charge in [-0.15, -0.1) is 0 Å². The van der Waals surface area contributed by atoms with Gasteiger partial charge in [-0.2, -0.15) is 5.10 Å². The Balaban J connectivity index is 1.61. The van der Waals surface area contributed by atoms with Gasteiger partial charge in [-0.1, -0.05) is 30.3 Å². The Kier molecular flexibility index (Phi) is 5.49. The number of imidazole rings is 1. The fourth-order valence-electron chi connectivity index (χ4n) is 5.36. The summed E-state index contributed by atoms with van der Waals surface area (Å²) in [5.74, 6) is 2.29. The number of hydrogen-bond acceptors (Lipinski definition) is 5. The quantitative estimate of drug-likeness (QED) is 0.367. The summed E-state index contributed by atoms with van der Waals surface area (Å²) in [5, 5.41) is 8.52. The molecule has 0 amide bonds. The lowest BCUT2D eigenvalue weighted by molar-refractivity contribution is 0.0830. The minimum atomic E-state index is 0.368. The van der Waals surface area contributed by atoms with E-state index in [1.165, 1.54) is 5.56 Å². The number of hydrogen-bond donors (Lipinski definition) is 1. The van der Waals surface area contributed by atoms with E-state index in [4.69, 9.17) is 19.4 Å². The van der Waals surface area contributed by atoms with Gasteiger partial charge >= 0.3 is 0 Å². The molecule has 0 atom stereocenters. The number of aromatic amines is 1. The number of methoxy groups -OCH3 is 1. The molecule has 0 radical (unpaired) electrons. The van der Waals surface area contributed by atoms with Crippen LogP contribution in [0.15, 0.2) is 48.7 Å². The predicted molar refractivity (Wildman–Crippen MR) is 137 cm³/mol. The molecular weight excluding hydrogens is 438 g/mol. The molecular formula is C28H29N5O2. The molecule has 5 aromatic rings. The van der Waals surface area contributed by atoms with Gasteiger partial charge in [0.2, 0.25) is 0 Å². The van der Waals surface area contributed by atoms with Gasteiger partial charge in [0.05, 0.1) is 30.0 Å². The Morgan fingerprint density at radius 3 is 2.60 bits per heavy atom. The SMILES string of the molecule is COc1cc2c(cc1-c1c(C)n[nH]c1C)ncc1nc(C3CCOCC3)n(Cc3ccccc3)c12. The summed E-state index contributed by atoms with van der Waals surface area (Å²) in [7, 11) is 1.72. The molecule has 4 heterocycles. The molecule has 0 aliphatic carbocycles. The minimum absolute atomic E-state index is 0.368. The topological polar surface area (TPSA) is 77.8 Å². The fourth-order valence-corrected chi connectivity index (χ4v) is 5.36. The van der Waals surface area contributed by atoms with E-state index in [1.54, 1.807) is 7.11 Å². The van der Waals surface area contributed by atoms with E-state index in [2.05, 4.69) is 57.2 Å². The highest BCUT2D eigenvalue weighted by Gasteiger charge is 2.25. The molecule has 35 heavy (non-hydrogen) atoms. The van der Waals surface area contributed by atoms with Crippen LogP contribution in [0.5, 0.6) is 5.75 Å². The van der Waals surface area contributed by atoms with Gasteiger partial charge in [0, 0.05) is 47.9 Å². The maximum atomic E-state index is 5.90. The highest BCUT2D eigenvalue weighted by molar-refractivity contribution is 6.05. The summed E-state index contributed by atoms with van der Waals surface area (Å²) in [4.78, 5) is 9.96. The van der Waals surface area contributed by atoms with Crippen molar-refractivity contribution >= 4 is 21.9 Å². The van der Waals surface area contributed by atoms with Crippen LogP contribution >= 0.6 is 0 Å². The van der Waals surface area contributed by atoms with Crippen molar-refractivity contribution in [3.8, 4) is 16.9 Å². The van der Waals surface area contributed by atoms with Crippen LogP contribution in [0, 0.1) is 13.8 Å². The van der Waals surface area contributed by atoms with Gasteiger partial charge in [0.25, 0.3) is 0 Å². The van der Waals surface area contributed by atoms with Crippen molar-refractivity contribution in [2.75, 3.05) is 20.3 Å². The van der Waals surface area contributed by atoms with Crippen molar-refractivity contribution in [1.82, 2.24) is 24.7 Å². The summed E-state index contributed by atoms with van der Waals surface area (Å²) in [6, 6.07) is 14.8. The monoisotopic (exact) mass is 467 g/mol. The molecule has 1 aliphatic heterocycles. The fraction of sp³-hybridized carbons (Fsp3) is 0.321. The highest BCUT2D eigenvalue weighted by Crippen LogP contribution is 2.39. The molecule has 1 fully saturated rings.